The Morgan fingerprint density at radius 1 is 1.45 bits per heavy atom. The number of thiophene rings is 1. The molecule has 0 bridgehead atoms. The van der Waals surface area contributed by atoms with Gasteiger partial charge in [0, 0.05) is 18.0 Å². The smallest absolute Gasteiger partial charge is 0.263 e. The third-order valence-electron chi connectivity index (χ3n) is 5.22. The zero-order valence-corrected chi connectivity index (χ0v) is 19.4. The van der Waals surface area contributed by atoms with Crippen LogP contribution in [0.25, 0.3) is 10.2 Å². The Morgan fingerprint density at radius 2 is 2.24 bits per heavy atom. The summed E-state index contributed by atoms with van der Waals surface area (Å²) in [6.45, 7) is 10.3. The number of carbonyl (C=O) groups is 1. The minimum absolute atomic E-state index is 0.00517. The van der Waals surface area contributed by atoms with Crippen molar-refractivity contribution in [2.45, 2.75) is 71.2 Å². The second-order valence-corrected chi connectivity index (χ2v) is 10.1. The first-order valence-electron chi connectivity index (χ1n) is 10.4. The minimum atomic E-state index is -0.0229. The molecule has 1 saturated heterocycles. The Kier molecular flexibility index (Phi) is 7.76. The van der Waals surface area contributed by atoms with Crippen molar-refractivity contribution in [1.29, 1.82) is 0 Å². The predicted octanol–water partition coefficient (Wildman–Crippen LogP) is 3.76. The lowest BCUT2D eigenvalue weighted by Gasteiger charge is -2.16. The highest BCUT2D eigenvalue weighted by molar-refractivity contribution is 7.99. The van der Waals surface area contributed by atoms with Gasteiger partial charge in [-0.05, 0) is 44.1 Å². The van der Waals surface area contributed by atoms with Crippen molar-refractivity contribution >= 4 is 39.2 Å². The molecule has 2 aromatic heterocycles. The van der Waals surface area contributed by atoms with Crippen LogP contribution < -0.4 is 10.9 Å². The number of nitrogens with one attached hydrogen (secondary N) is 1. The Morgan fingerprint density at radius 3 is 2.90 bits per heavy atom. The van der Waals surface area contributed by atoms with Gasteiger partial charge in [0.15, 0.2) is 5.16 Å². The number of nitrogens with zero attached hydrogens (tertiary/aromatic N) is 2. The molecule has 1 aliphatic heterocycles. The van der Waals surface area contributed by atoms with Crippen molar-refractivity contribution in [2.24, 2.45) is 5.92 Å². The summed E-state index contributed by atoms with van der Waals surface area (Å²) in [4.78, 5) is 32.3. The summed E-state index contributed by atoms with van der Waals surface area (Å²) in [5.74, 6) is 0.788. The SMILES string of the molecule is CCc1c(C)sc2nc(SCC(=O)NCCC(C)C)n(CC3CCCO3)c(=O)c12. The molecular formula is C21H31N3O3S2. The highest BCUT2D eigenvalue weighted by Gasteiger charge is 2.23. The molecule has 1 aliphatic rings. The van der Waals surface area contributed by atoms with Crippen molar-refractivity contribution in [3.63, 3.8) is 0 Å². The molecule has 0 spiro atoms. The molecule has 6 nitrogen and oxygen atoms in total. The predicted molar refractivity (Wildman–Crippen MR) is 120 cm³/mol. The number of ether oxygens (including phenoxy) is 1. The molecule has 1 fully saturated rings. The Balaban J connectivity index is 1.85. The summed E-state index contributed by atoms with van der Waals surface area (Å²) in [6, 6.07) is 0. The van der Waals surface area contributed by atoms with Crippen LogP contribution in [0.5, 0.6) is 0 Å². The number of fused-ring (bicyclic) bond motifs is 1. The summed E-state index contributed by atoms with van der Waals surface area (Å²) in [5, 5.41) is 4.30. The third-order valence-corrected chi connectivity index (χ3v) is 7.24. The fraction of sp³-hybridized carbons (Fsp3) is 0.667. The summed E-state index contributed by atoms with van der Waals surface area (Å²) >= 11 is 2.90. The maximum atomic E-state index is 13.4. The monoisotopic (exact) mass is 437 g/mol. The second kappa shape index (κ2) is 10.1. The lowest BCUT2D eigenvalue weighted by Crippen LogP contribution is -2.30. The van der Waals surface area contributed by atoms with Crippen LogP contribution in [0.3, 0.4) is 0 Å². The number of aryl methyl sites for hydroxylation is 2. The van der Waals surface area contributed by atoms with Gasteiger partial charge < -0.3 is 10.1 Å². The molecule has 0 aromatic carbocycles. The first-order chi connectivity index (χ1) is 13.9. The van der Waals surface area contributed by atoms with Crippen molar-refractivity contribution < 1.29 is 9.53 Å². The van der Waals surface area contributed by atoms with E-state index in [0.29, 0.717) is 24.2 Å². The summed E-state index contributed by atoms with van der Waals surface area (Å²) < 4.78 is 7.50. The second-order valence-electron chi connectivity index (χ2n) is 7.94. The molecule has 0 aliphatic carbocycles. The van der Waals surface area contributed by atoms with Gasteiger partial charge in [-0.1, -0.05) is 32.5 Å². The molecule has 1 amide bonds. The lowest BCUT2D eigenvalue weighted by molar-refractivity contribution is -0.118. The van der Waals surface area contributed by atoms with Crippen LogP contribution in [-0.2, 0) is 22.5 Å². The molecule has 0 saturated carbocycles. The minimum Gasteiger partial charge on any atom is -0.376 e. The van der Waals surface area contributed by atoms with E-state index in [2.05, 4.69) is 26.1 Å². The van der Waals surface area contributed by atoms with Crippen LogP contribution in [0.4, 0.5) is 0 Å². The van der Waals surface area contributed by atoms with Crippen molar-refractivity contribution in [2.75, 3.05) is 18.9 Å². The molecule has 2 aromatic rings. The Hall–Kier alpha value is -1.38. The van der Waals surface area contributed by atoms with E-state index in [9.17, 15) is 9.59 Å². The number of aromatic nitrogens is 2. The van der Waals surface area contributed by atoms with Crippen LogP contribution in [0, 0.1) is 12.8 Å². The number of hydrogen-bond acceptors (Lipinski definition) is 6. The number of amides is 1. The maximum absolute atomic E-state index is 13.4. The van der Waals surface area contributed by atoms with Gasteiger partial charge in [-0.3, -0.25) is 14.2 Å². The number of thioether (sulfide) groups is 1. The van der Waals surface area contributed by atoms with Gasteiger partial charge in [0.2, 0.25) is 5.91 Å². The molecule has 160 valence electrons. The third kappa shape index (κ3) is 5.41. The summed E-state index contributed by atoms with van der Waals surface area (Å²) in [6.07, 6.45) is 3.78. The fourth-order valence-corrected chi connectivity index (χ4v) is 5.59. The Bertz CT molecular complexity index is 914. The van der Waals surface area contributed by atoms with E-state index < -0.39 is 0 Å². The standard InChI is InChI=1S/C21H31N3O3S2/c1-5-16-14(4)29-19-18(16)20(26)24(11-15-7-6-10-27-15)21(23-19)28-12-17(25)22-9-8-13(2)3/h13,15H,5-12H2,1-4H3,(H,22,25). The van der Waals surface area contributed by atoms with Crippen LogP contribution in [0.1, 0.15) is 50.5 Å². The van der Waals surface area contributed by atoms with E-state index in [1.165, 1.54) is 11.8 Å². The zero-order chi connectivity index (χ0) is 21.0. The highest BCUT2D eigenvalue weighted by atomic mass is 32.2. The van der Waals surface area contributed by atoms with Gasteiger partial charge in [0.1, 0.15) is 4.83 Å². The molecule has 3 rings (SSSR count). The quantitative estimate of drug-likeness (QED) is 0.478. The van der Waals surface area contributed by atoms with Gasteiger partial charge in [-0.15, -0.1) is 11.3 Å². The van der Waals surface area contributed by atoms with Gasteiger partial charge in [-0.25, -0.2) is 4.98 Å². The van der Waals surface area contributed by atoms with E-state index in [1.54, 1.807) is 15.9 Å². The van der Waals surface area contributed by atoms with Gasteiger partial charge in [-0.2, -0.15) is 0 Å². The molecule has 1 unspecified atom stereocenters. The van der Waals surface area contributed by atoms with E-state index >= 15 is 0 Å². The van der Waals surface area contributed by atoms with E-state index in [1.807, 2.05) is 6.92 Å². The highest BCUT2D eigenvalue weighted by Crippen LogP contribution is 2.30. The number of hydrogen-bond donors (Lipinski definition) is 1. The number of rotatable bonds is 9. The normalized spacial score (nSPS) is 16.8. The fourth-order valence-electron chi connectivity index (χ4n) is 3.60. The topological polar surface area (TPSA) is 73.2 Å². The summed E-state index contributed by atoms with van der Waals surface area (Å²) in [5.41, 5.74) is 1.08. The van der Waals surface area contributed by atoms with Gasteiger partial charge in [0.05, 0.1) is 23.8 Å². The average Bonchev–Trinajstić information content (AvgIpc) is 3.29. The molecule has 0 radical (unpaired) electrons. The van der Waals surface area contributed by atoms with Crippen molar-refractivity contribution in [1.82, 2.24) is 14.9 Å². The maximum Gasteiger partial charge on any atom is 0.263 e. The van der Waals surface area contributed by atoms with E-state index in [4.69, 9.17) is 9.72 Å². The van der Waals surface area contributed by atoms with Crippen molar-refractivity contribution in [3.8, 4) is 0 Å². The van der Waals surface area contributed by atoms with E-state index in [-0.39, 0.29) is 23.3 Å². The largest absolute Gasteiger partial charge is 0.376 e. The van der Waals surface area contributed by atoms with Gasteiger partial charge in [0.25, 0.3) is 5.56 Å². The Labute approximate surface area is 180 Å². The van der Waals surface area contributed by atoms with Crippen LogP contribution >= 0.6 is 23.1 Å². The first-order valence-corrected chi connectivity index (χ1v) is 12.2. The van der Waals surface area contributed by atoms with Crippen LogP contribution in [0.2, 0.25) is 0 Å². The first kappa shape index (κ1) is 22.3. The summed E-state index contributed by atoms with van der Waals surface area (Å²) in [7, 11) is 0. The molecule has 3 heterocycles. The molecule has 1 N–H and O–H groups in total. The average molecular weight is 438 g/mol. The molecule has 29 heavy (non-hydrogen) atoms. The van der Waals surface area contributed by atoms with Crippen LogP contribution in [0.15, 0.2) is 9.95 Å². The van der Waals surface area contributed by atoms with Crippen LogP contribution in [-0.4, -0.2) is 40.5 Å². The van der Waals surface area contributed by atoms with Gasteiger partial charge >= 0.3 is 0 Å². The molecule has 8 heteroatoms. The molecular weight excluding hydrogens is 406 g/mol. The molecule has 1 atom stereocenters. The van der Waals surface area contributed by atoms with E-state index in [0.717, 1.165) is 52.9 Å². The zero-order valence-electron chi connectivity index (χ0n) is 17.7. The van der Waals surface area contributed by atoms with Crippen molar-refractivity contribution in [3.05, 3.63) is 20.8 Å². The number of carbonyl (C=O) groups excluding carboxylic acids is 1. The lowest BCUT2D eigenvalue weighted by atomic mass is 10.1.